The van der Waals surface area contributed by atoms with Crippen molar-refractivity contribution in [2.75, 3.05) is 25.0 Å². The number of ether oxygens (including phenoxy) is 1. The van der Waals surface area contributed by atoms with Crippen molar-refractivity contribution in [2.24, 2.45) is 11.8 Å². The van der Waals surface area contributed by atoms with Gasteiger partial charge in [0.25, 0.3) is 0 Å². The van der Waals surface area contributed by atoms with Crippen LogP contribution in [0.2, 0.25) is 0 Å². The van der Waals surface area contributed by atoms with Crippen molar-refractivity contribution in [3.05, 3.63) is 24.0 Å². The van der Waals surface area contributed by atoms with Crippen LogP contribution in [-0.4, -0.2) is 25.6 Å². The Morgan fingerprint density at radius 2 is 2.00 bits per heavy atom. The number of anilines is 1. The number of rotatable bonds is 7. The zero-order chi connectivity index (χ0) is 16.1. The summed E-state index contributed by atoms with van der Waals surface area (Å²) >= 11 is 0. The van der Waals surface area contributed by atoms with Gasteiger partial charge >= 0.3 is 0 Å². The van der Waals surface area contributed by atoms with E-state index >= 15 is 0 Å². The minimum atomic E-state index is -0.344. The van der Waals surface area contributed by atoms with Gasteiger partial charge < -0.3 is 15.4 Å². The molecule has 1 heterocycles. The molecule has 1 saturated carbocycles. The fraction of sp³-hybridized carbons (Fsp3) is 0.611. The summed E-state index contributed by atoms with van der Waals surface area (Å²) in [4.78, 5) is 12.2. The summed E-state index contributed by atoms with van der Waals surface area (Å²) in [5.74, 6) is 1.28. The van der Waals surface area contributed by atoms with Gasteiger partial charge in [0.15, 0.2) is 0 Å². The van der Waals surface area contributed by atoms with E-state index in [0.29, 0.717) is 36.3 Å². The minimum Gasteiger partial charge on any atom is -0.491 e. The Morgan fingerprint density at radius 1 is 1.22 bits per heavy atom. The molecular formula is C18H25FN2O2. The maximum atomic E-state index is 13.4. The molecule has 5 heteroatoms. The number of carbonyl (C=O) groups excluding carboxylic acids is 1. The van der Waals surface area contributed by atoms with Gasteiger partial charge in [-0.1, -0.05) is 0 Å². The number of nitrogens with one attached hydrogen (secondary N) is 2. The van der Waals surface area contributed by atoms with Gasteiger partial charge in [-0.05, 0) is 69.2 Å². The Kier molecular flexibility index (Phi) is 5.49. The van der Waals surface area contributed by atoms with Gasteiger partial charge in [-0.3, -0.25) is 4.79 Å². The van der Waals surface area contributed by atoms with E-state index in [1.165, 1.54) is 25.0 Å². The summed E-state index contributed by atoms with van der Waals surface area (Å²) in [5, 5.41) is 6.21. The van der Waals surface area contributed by atoms with Crippen molar-refractivity contribution in [1.82, 2.24) is 5.32 Å². The first kappa shape index (κ1) is 16.2. The number of piperidine rings is 1. The molecule has 0 bridgehead atoms. The second-order valence-electron chi connectivity index (χ2n) is 6.68. The van der Waals surface area contributed by atoms with Crippen molar-refractivity contribution < 1.29 is 13.9 Å². The van der Waals surface area contributed by atoms with E-state index in [2.05, 4.69) is 10.6 Å². The Labute approximate surface area is 136 Å². The van der Waals surface area contributed by atoms with Crippen LogP contribution >= 0.6 is 0 Å². The average Bonchev–Trinajstić information content (AvgIpc) is 3.38. The smallest absolute Gasteiger partial charge is 0.224 e. The summed E-state index contributed by atoms with van der Waals surface area (Å²) in [6.45, 7) is 2.69. The molecule has 4 nitrogen and oxygen atoms in total. The second kappa shape index (κ2) is 7.77. The highest BCUT2D eigenvalue weighted by molar-refractivity contribution is 5.92. The third kappa shape index (κ3) is 5.20. The molecule has 126 valence electrons. The molecule has 0 unspecified atom stereocenters. The largest absolute Gasteiger partial charge is 0.491 e. The van der Waals surface area contributed by atoms with E-state index < -0.39 is 0 Å². The molecular weight excluding hydrogens is 295 g/mol. The van der Waals surface area contributed by atoms with E-state index in [1.807, 2.05) is 0 Å². The van der Waals surface area contributed by atoms with Crippen LogP contribution in [0.15, 0.2) is 18.2 Å². The fourth-order valence-corrected chi connectivity index (χ4v) is 2.93. The average molecular weight is 320 g/mol. The van der Waals surface area contributed by atoms with E-state index in [9.17, 15) is 9.18 Å². The molecule has 2 fully saturated rings. The molecule has 3 rings (SSSR count). The summed E-state index contributed by atoms with van der Waals surface area (Å²) in [6, 6.07) is 4.29. The first-order valence-electron chi connectivity index (χ1n) is 8.63. The van der Waals surface area contributed by atoms with Gasteiger partial charge in [0.1, 0.15) is 11.6 Å². The van der Waals surface area contributed by atoms with Crippen LogP contribution in [0.4, 0.5) is 10.1 Å². The maximum Gasteiger partial charge on any atom is 0.224 e. The number of carbonyl (C=O) groups is 1. The van der Waals surface area contributed by atoms with Crippen molar-refractivity contribution >= 4 is 11.6 Å². The summed E-state index contributed by atoms with van der Waals surface area (Å²) in [6.07, 6.45) is 6.04. The number of benzene rings is 1. The van der Waals surface area contributed by atoms with Crippen LogP contribution in [0.1, 0.15) is 38.5 Å². The SMILES string of the molecule is O=C(CCC1CCNCC1)Nc1ccc(F)cc1OCC1CC1. The molecule has 1 aliphatic heterocycles. The van der Waals surface area contributed by atoms with Crippen molar-refractivity contribution in [3.8, 4) is 5.75 Å². The number of hydrogen-bond acceptors (Lipinski definition) is 3. The zero-order valence-corrected chi connectivity index (χ0v) is 13.4. The van der Waals surface area contributed by atoms with E-state index in [1.54, 1.807) is 6.07 Å². The number of halogens is 1. The van der Waals surface area contributed by atoms with Gasteiger partial charge in [0, 0.05) is 12.5 Å². The van der Waals surface area contributed by atoms with Gasteiger partial charge in [-0.25, -0.2) is 4.39 Å². The Bertz CT molecular complexity index is 540. The highest BCUT2D eigenvalue weighted by Crippen LogP contribution is 2.32. The molecule has 0 radical (unpaired) electrons. The van der Waals surface area contributed by atoms with Gasteiger partial charge in [0.2, 0.25) is 5.91 Å². The van der Waals surface area contributed by atoms with Crippen LogP contribution in [0.3, 0.4) is 0 Å². The van der Waals surface area contributed by atoms with Gasteiger partial charge in [-0.15, -0.1) is 0 Å². The molecule has 0 atom stereocenters. The van der Waals surface area contributed by atoms with E-state index in [4.69, 9.17) is 4.74 Å². The van der Waals surface area contributed by atoms with Crippen molar-refractivity contribution in [3.63, 3.8) is 0 Å². The molecule has 23 heavy (non-hydrogen) atoms. The summed E-state index contributed by atoms with van der Waals surface area (Å²) in [7, 11) is 0. The quantitative estimate of drug-likeness (QED) is 0.810. The number of amides is 1. The molecule has 1 saturated heterocycles. The van der Waals surface area contributed by atoms with Crippen LogP contribution in [0.5, 0.6) is 5.75 Å². The lowest BCUT2D eigenvalue weighted by atomic mass is 9.93. The van der Waals surface area contributed by atoms with Gasteiger partial charge in [0.05, 0.1) is 12.3 Å². The van der Waals surface area contributed by atoms with Crippen LogP contribution in [0.25, 0.3) is 0 Å². The predicted molar refractivity (Wildman–Crippen MR) is 88.1 cm³/mol. The fourth-order valence-electron chi connectivity index (χ4n) is 2.93. The Balaban J connectivity index is 1.51. The second-order valence-corrected chi connectivity index (χ2v) is 6.68. The first-order chi connectivity index (χ1) is 11.2. The Morgan fingerprint density at radius 3 is 2.74 bits per heavy atom. The molecule has 1 amide bonds. The van der Waals surface area contributed by atoms with Crippen molar-refractivity contribution in [2.45, 2.75) is 38.5 Å². The summed E-state index contributed by atoms with van der Waals surface area (Å²) in [5.41, 5.74) is 0.572. The van der Waals surface area contributed by atoms with Crippen LogP contribution in [-0.2, 0) is 4.79 Å². The van der Waals surface area contributed by atoms with Crippen LogP contribution in [0, 0.1) is 17.7 Å². The highest BCUT2D eigenvalue weighted by Gasteiger charge is 2.23. The zero-order valence-electron chi connectivity index (χ0n) is 13.4. The minimum absolute atomic E-state index is 0.0218. The molecule has 2 N–H and O–H groups in total. The standard InChI is InChI=1S/C18H25FN2O2/c19-15-4-5-16(17(11-15)23-12-14-1-2-14)21-18(22)6-3-13-7-9-20-10-8-13/h4-5,11,13-14,20H,1-3,6-10,12H2,(H,21,22). The van der Waals surface area contributed by atoms with Crippen molar-refractivity contribution in [1.29, 1.82) is 0 Å². The monoisotopic (exact) mass is 320 g/mol. The normalized spacial score (nSPS) is 18.7. The molecule has 0 spiro atoms. The summed E-state index contributed by atoms with van der Waals surface area (Å²) < 4.78 is 19.1. The maximum absolute atomic E-state index is 13.4. The molecule has 1 aliphatic carbocycles. The first-order valence-corrected chi connectivity index (χ1v) is 8.63. The third-order valence-electron chi connectivity index (χ3n) is 4.63. The van der Waals surface area contributed by atoms with E-state index in [0.717, 1.165) is 32.4 Å². The Hall–Kier alpha value is -1.62. The lowest BCUT2D eigenvalue weighted by molar-refractivity contribution is -0.116. The lowest BCUT2D eigenvalue weighted by Crippen LogP contribution is -2.28. The van der Waals surface area contributed by atoms with Crippen LogP contribution < -0.4 is 15.4 Å². The molecule has 0 aromatic heterocycles. The predicted octanol–water partition coefficient (Wildman–Crippen LogP) is 3.33. The highest BCUT2D eigenvalue weighted by atomic mass is 19.1. The number of hydrogen-bond donors (Lipinski definition) is 2. The van der Waals surface area contributed by atoms with Gasteiger partial charge in [-0.2, -0.15) is 0 Å². The topological polar surface area (TPSA) is 50.4 Å². The van der Waals surface area contributed by atoms with E-state index in [-0.39, 0.29) is 11.7 Å². The molecule has 2 aliphatic rings. The molecule has 1 aromatic rings. The lowest BCUT2D eigenvalue weighted by Gasteiger charge is -2.22. The third-order valence-corrected chi connectivity index (χ3v) is 4.63. The molecule has 1 aromatic carbocycles.